The van der Waals surface area contributed by atoms with Crippen LogP contribution in [-0.4, -0.2) is 16.2 Å². The highest BCUT2D eigenvalue weighted by atomic mass is 32.2. The Kier molecular flexibility index (Phi) is 3.96. The van der Waals surface area contributed by atoms with Crippen molar-refractivity contribution in [2.45, 2.75) is 4.90 Å². The lowest BCUT2D eigenvalue weighted by atomic mass is 10.3. The summed E-state index contributed by atoms with van der Waals surface area (Å²) >= 11 is 2.34. The normalized spacial score (nSPS) is 10.3. The third kappa shape index (κ3) is 2.74. The molecule has 1 amide bonds. The van der Waals surface area contributed by atoms with Crippen molar-refractivity contribution in [3.8, 4) is 5.40 Å². The number of rotatable bonds is 3. The molecule has 0 aliphatic heterocycles. The Morgan fingerprint density at radius 2 is 2.05 bits per heavy atom. The molecule has 0 atom stereocenters. The molecule has 0 radical (unpaired) electrons. The minimum absolute atomic E-state index is 0.382. The summed E-state index contributed by atoms with van der Waals surface area (Å²) in [4.78, 5) is 17.9. The highest BCUT2D eigenvalue weighted by Gasteiger charge is 2.20. The van der Waals surface area contributed by atoms with Crippen LogP contribution in [0.4, 0.5) is 15.6 Å². The molecule has 1 aromatic heterocycles. The summed E-state index contributed by atoms with van der Waals surface area (Å²) in [5, 5.41) is 20.6. The van der Waals surface area contributed by atoms with E-state index in [1.165, 1.54) is 11.3 Å². The summed E-state index contributed by atoms with van der Waals surface area (Å²) in [6.07, 6.45) is -1.09. The van der Waals surface area contributed by atoms with Gasteiger partial charge >= 0.3 is 6.09 Å². The number of amides is 1. The number of carboxylic acid groups (broad SMARTS) is 1. The molecule has 0 spiro atoms. The Morgan fingerprint density at radius 3 is 2.73 bits per heavy atom. The van der Waals surface area contributed by atoms with Crippen LogP contribution in [0.3, 0.4) is 0 Å². The number of benzene rings is 2. The van der Waals surface area contributed by atoms with E-state index in [4.69, 9.17) is 5.26 Å². The molecule has 0 aliphatic carbocycles. The van der Waals surface area contributed by atoms with Gasteiger partial charge in [-0.15, -0.1) is 0 Å². The molecule has 5 nitrogen and oxygen atoms in total. The van der Waals surface area contributed by atoms with Crippen molar-refractivity contribution in [2.75, 3.05) is 4.90 Å². The fourth-order valence-electron chi connectivity index (χ4n) is 1.98. The molecule has 0 bridgehead atoms. The highest BCUT2D eigenvalue weighted by molar-refractivity contribution is 8.03. The standard InChI is InChI=1S/C15H9N3O2S2/c16-9-21-11-6-7-12-13(8-11)22-14(17-12)18(15(19)20)10-4-2-1-3-5-10/h1-8H,(H,19,20). The van der Waals surface area contributed by atoms with E-state index in [0.717, 1.165) is 26.3 Å². The van der Waals surface area contributed by atoms with Gasteiger partial charge in [-0.1, -0.05) is 29.5 Å². The van der Waals surface area contributed by atoms with Crippen LogP contribution in [0.25, 0.3) is 10.2 Å². The molecule has 0 unspecified atom stereocenters. The topological polar surface area (TPSA) is 77.2 Å². The first-order chi connectivity index (χ1) is 10.7. The first-order valence-corrected chi connectivity index (χ1v) is 7.87. The SMILES string of the molecule is N#CSc1ccc2nc(N(C(=O)O)c3ccccc3)sc2c1. The number of para-hydroxylation sites is 1. The van der Waals surface area contributed by atoms with Crippen LogP contribution < -0.4 is 4.90 Å². The van der Waals surface area contributed by atoms with Crippen molar-refractivity contribution >= 4 is 50.2 Å². The van der Waals surface area contributed by atoms with E-state index in [1.54, 1.807) is 36.4 Å². The molecule has 1 N–H and O–H groups in total. The van der Waals surface area contributed by atoms with Crippen molar-refractivity contribution in [3.05, 3.63) is 48.5 Å². The van der Waals surface area contributed by atoms with Crippen LogP contribution >= 0.6 is 23.1 Å². The number of aromatic nitrogens is 1. The Morgan fingerprint density at radius 1 is 1.27 bits per heavy atom. The number of nitriles is 1. The highest BCUT2D eigenvalue weighted by Crippen LogP contribution is 2.35. The lowest BCUT2D eigenvalue weighted by molar-refractivity contribution is 0.205. The second-order valence-electron chi connectivity index (χ2n) is 4.27. The van der Waals surface area contributed by atoms with Crippen molar-refractivity contribution in [3.63, 3.8) is 0 Å². The number of thioether (sulfide) groups is 1. The van der Waals surface area contributed by atoms with Gasteiger partial charge in [-0.2, -0.15) is 5.26 Å². The molecule has 0 saturated heterocycles. The molecule has 22 heavy (non-hydrogen) atoms. The molecule has 108 valence electrons. The van der Waals surface area contributed by atoms with E-state index in [2.05, 4.69) is 4.98 Å². The Hall–Kier alpha value is -2.56. The van der Waals surface area contributed by atoms with Crippen LogP contribution in [0.2, 0.25) is 0 Å². The smallest absolute Gasteiger partial charge is 0.418 e. The number of hydrogen-bond acceptors (Lipinski definition) is 5. The number of thiocyanates is 1. The quantitative estimate of drug-likeness (QED) is 0.558. The molecule has 0 aliphatic rings. The Bertz CT molecular complexity index is 871. The predicted molar refractivity (Wildman–Crippen MR) is 87.7 cm³/mol. The zero-order valence-corrected chi connectivity index (χ0v) is 12.8. The largest absolute Gasteiger partial charge is 0.464 e. The number of thiazole rings is 1. The zero-order valence-electron chi connectivity index (χ0n) is 11.1. The maximum Gasteiger partial charge on any atom is 0.418 e. The minimum atomic E-state index is -1.09. The summed E-state index contributed by atoms with van der Waals surface area (Å²) in [6, 6.07) is 14.3. The van der Waals surface area contributed by atoms with Gasteiger partial charge < -0.3 is 5.11 Å². The lowest BCUT2D eigenvalue weighted by Gasteiger charge is -2.15. The zero-order chi connectivity index (χ0) is 15.5. The van der Waals surface area contributed by atoms with Gasteiger partial charge in [-0.05, 0) is 42.1 Å². The number of anilines is 2. The summed E-state index contributed by atoms with van der Waals surface area (Å²) in [7, 11) is 0. The average molecular weight is 327 g/mol. The summed E-state index contributed by atoms with van der Waals surface area (Å²) in [5.41, 5.74) is 1.25. The number of carbonyl (C=O) groups is 1. The van der Waals surface area contributed by atoms with Gasteiger partial charge in [0.05, 0.1) is 15.9 Å². The average Bonchev–Trinajstić information content (AvgIpc) is 2.91. The lowest BCUT2D eigenvalue weighted by Crippen LogP contribution is -2.23. The van der Waals surface area contributed by atoms with Gasteiger partial charge in [0.1, 0.15) is 5.40 Å². The van der Waals surface area contributed by atoms with E-state index in [9.17, 15) is 9.90 Å². The van der Waals surface area contributed by atoms with Crippen LogP contribution in [0.5, 0.6) is 0 Å². The van der Waals surface area contributed by atoms with Gasteiger partial charge in [0.2, 0.25) is 5.13 Å². The second-order valence-corrected chi connectivity index (χ2v) is 6.14. The van der Waals surface area contributed by atoms with Crippen molar-refractivity contribution in [1.82, 2.24) is 4.98 Å². The molecule has 3 rings (SSSR count). The first kappa shape index (κ1) is 14.4. The van der Waals surface area contributed by atoms with Crippen molar-refractivity contribution in [2.24, 2.45) is 0 Å². The van der Waals surface area contributed by atoms with Crippen LogP contribution in [0.1, 0.15) is 0 Å². The van der Waals surface area contributed by atoms with E-state index < -0.39 is 6.09 Å². The summed E-state index contributed by atoms with van der Waals surface area (Å²) in [6.45, 7) is 0. The molecular formula is C15H9N3O2S2. The predicted octanol–water partition coefficient (Wildman–Crippen LogP) is 4.69. The van der Waals surface area contributed by atoms with Crippen molar-refractivity contribution in [1.29, 1.82) is 5.26 Å². The number of fused-ring (bicyclic) bond motifs is 1. The first-order valence-electron chi connectivity index (χ1n) is 6.23. The third-order valence-corrected chi connectivity index (χ3v) is 4.49. The fourth-order valence-corrected chi connectivity index (χ4v) is 3.50. The van der Waals surface area contributed by atoms with E-state index >= 15 is 0 Å². The van der Waals surface area contributed by atoms with Crippen LogP contribution in [0, 0.1) is 10.7 Å². The molecule has 1 heterocycles. The molecule has 3 aromatic rings. The Labute approximate surface area is 134 Å². The third-order valence-electron chi connectivity index (χ3n) is 2.91. The van der Waals surface area contributed by atoms with E-state index in [-0.39, 0.29) is 0 Å². The van der Waals surface area contributed by atoms with Gasteiger partial charge in [0, 0.05) is 4.90 Å². The minimum Gasteiger partial charge on any atom is -0.464 e. The number of hydrogen-bond donors (Lipinski definition) is 1. The van der Waals surface area contributed by atoms with Crippen LogP contribution in [0.15, 0.2) is 53.4 Å². The Balaban J connectivity index is 2.07. The molecule has 7 heteroatoms. The molecule has 2 aromatic carbocycles. The second kappa shape index (κ2) is 6.05. The summed E-state index contributed by atoms with van der Waals surface area (Å²) in [5.74, 6) is 0. The monoisotopic (exact) mass is 327 g/mol. The molecule has 0 saturated carbocycles. The van der Waals surface area contributed by atoms with Gasteiger partial charge in [0.25, 0.3) is 0 Å². The van der Waals surface area contributed by atoms with Gasteiger partial charge in [0.15, 0.2) is 0 Å². The van der Waals surface area contributed by atoms with Gasteiger partial charge in [-0.3, -0.25) is 0 Å². The molecule has 0 fully saturated rings. The summed E-state index contributed by atoms with van der Waals surface area (Å²) < 4.78 is 0.845. The fraction of sp³-hybridized carbons (Fsp3) is 0. The van der Waals surface area contributed by atoms with Crippen LogP contribution in [-0.2, 0) is 0 Å². The number of nitrogens with zero attached hydrogens (tertiary/aromatic N) is 3. The molecular weight excluding hydrogens is 318 g/mol. The van der Waals surface area contributed by atoms with E-state index in [1.807, 2.05) is 17.5 Å². The maximum absolute atomic E-state index is 11.6. The van der Waals surface area contributed by atoms with Gasteiger partial charge in [-0.25, -0.2) is 14.7 Å². The maximum atomic E-state index is 11.6. The van der Waals surface area contributed by atoms with E-state index in [0.29, 0.717) is 16.3 Å². The van der Waals surface area contributed by atoms with Crippen molar-refractivity contribution < 1.29 is 9.90 Å².